The predicted molar refractivity (Wildman–Crippen MR) is 105 cm³/mol. The maximum absolute atomic E-state index is 11.5. The van der Waals surface area contributed by atoms with Crippen LogP contribution in [0.15, 0.2) is 63.9 Å². The van der Waals surface area contributed by atoms with E-state index in [4.69, 9.17) is 4.74 Å². The number of sulfone groups is 1. The highest BCUT2D eigenvalue weighted by molar-refractivity contribution is 7.90. The van der Waals surface area contributed by atoms with E-state index >= 15 is 0 Å². The number of nitrogens with zero attached hydrogens (tertiary/aromatic N) is 2. The number of hydrogen-bond donors (Lipinski definition) is 1. The second-order valence-electron chi connectivity index (χ2n) is 5.48. The molecule has 0 aliphatic rings. The molecule has 2 aromatic carbocycles. The van der Waals surface area contributed by atoms with Crippen molar-refractivity contribution in [2.45, 2.75) is 4.90 Å². The van der Waals surface area contributed by atoms with Crippen LogP contribution in [0.3, 0.4) is 0 Å². The van der Waals surface area contributed by atoms with Crippen LogP contribution in [0.1, 0.15) is 5.56 Å². The summed E-state index contributed by atoms with van der Waals surface area (Å²) in [5, 5.41) is 6.71. The van der Waals surface area contributed by atoms with Crippen molar-refractivity contribution in [3.8, 4) is 17.0 Å². The molecule has 26 heavy (non-hydrogen) atoms. The van der Waals surface area contributed by atoms with Gasteiger partial charge in [-0.25, -0.2) is 13.4 Å². The number of aromatic nitrogens is 1. The summed E-state index contributed by atoms with van der Waals surface area (Å²) in [6.45, 7) is 0. The molecule has 0 saturated carbocycles. The first-order valence-corrected chi connectivity index (χ1v) is 10.4. The largest absolute Gasteiger partial charge is 0.497 e. The van der Waals surface area contributed by atoms with Gasteiger partial charge in [-0.2, -0.15) is 5.10 Å². The first-order valence-electron chi connectivity index (χ1n) is 7.65. The number of thiazole rings is 1. The average Bonchev–Trinajstić information content (AvgIpc) is 3.11. The fraction of sp³-hybridized carbons (Fsp3) is 0.111. The molecular weight excluding hydrogens is 370 g/mol. The van der Waals surface area contributed by atoms with Crippen molar-refractivity contribution >= 4 is 32.5 Å². The molecule has 0 aliphatic heterocycles. The first kappa shape index (κ1) is 18.1. The van der Waals surface area contributed by atoms with Gasteiger partial charge in [0.1, 0.15) is 5.75 Å². The van der Waals surface area contributed by atoms with Crippen LogP contribution in [0.4, 0.5) is 5.13 Å². The molecule has 0 fully saturated rings. The second-order valence-corrected chi connectivity index (χ2v) is 8.35. The van der Waals surface area contributed by atoms with Crippen LogP contribution in [0.25, 0.3) is 11.3 Å². The normalized spacial score (nSPS) is 11.6. The van der Waals surface area contributed by atoms with Crippen LogP contribution in [-0.4, -0.2) is 33.0 Å². The third-order valence-electron chi connectivity index (χ3n) is 3.57. The van der Waals surface area contributed by atoms with E-state index in [1.807, 2.05) is 29.6 Å². The number of ether oxygens (including phenoxy) is 1. The molecule has 8 heteroatoms. The van der Waals surface area contributed by atoms with Crippen molar-refractivity contribution in [1.29, 1.82) is 0 Å². The lowest BCUT2D eigenvalue weighted by Crippen LogP contribution is -1.96. The summed E-state index contributed by atoms with van der Waals surface area (Å²) in [6, 6.07) is 14.2. The molecule has 1 aromatic heterocycles. The van der Waals surface area contributed by atoms with E-state index in [-0.39, 0.29) is 0 Å². The number of anilines is 1. The van der Waals surface area contributed by atoms with Crippen LogP contribution in [0.5, 0.6) is 5.75 Å². The highest BCUT2D eigenvalue weighted by Gasteiger charge is 2.08. The number of hydrogen-bond acceptors (Lipinski definition) is 7. The summed E-state index contributed by atoms with van der Waals surface area (Å²) in [5.41, 5.74) is 5.44. The molecule has 0 saturated heterocycles. The second kappa shape index (κ2) is 7.67. The summed E-state index contributed by atoms with van der Waals surface area (Å²) < 4.78 is 28.1. The Hall–Kier alpha value is -2.71. The predicted octanol–water partition coefficient (Wildman–Crippen LogP) is 3.67. The van der Waals surface area contributed by atoms with Gasteiger partial charge >= 0.3 is 0 Å². The van der Waals surface area contributed by atoms with Gasteiger partial charge < -0.3 is 4.74 Å². The monoisotopic (exact) mass is 387 g/mol. The van der Waals surface area contributed by atoms with Gasteiger partial charge in [0.05, 0.1) is 23.9 Å². The van der Waals surface area contributed by atoms with Gasteiger partial charge in [-0.05, 0) is 42.0 Å². The average molecular weight is 387 g/mol. The molecule has 1 N–H and O–H groups in total. The van der Waals surface area contributed by atoms with Crippen LogP contribution in [0, 0.1) is 0 Å². The molecule has 3 aromatic rings. The summed E-state index contributed by atoms with van der Waals surface area (Å²) in [7, 11) is -1.57. The zero-order chi connectivity index (χ0) is 18.6. The van der Waals surface area contributed by atoms with Gasteiger partial charge in [0.15, 0.2) is 9.84 Å². The molecule has 0 atom stereocenters. The Morgan fingerprint density at radius 1 is 1.12 bits per heavy atom. The zero-order valence-electron chi connectivity index (χ0n) is 14.2. The minimum absolute atomic E-state index is 0.291. The number of methoxy groups -OCH3 is 1. The van der Waals surface area contributed by atoms with Crippen molar-refractivity contribution in [3.63, 3.8) is 0 Å². The summed E-state index contributed by atoms with van der Waals surface area (Å²) in [4.78, 5) is 4.75. The van der Waals surface area contributed by atoms with Crippen molar-refractivity contribution in [2.24, 2.45) is 5.10 Å². The van der Waals surface area contributed by atoms with Gasteiger partial charge in [-0.15, -0.1) is 11.3 Å². The molecule has 0 bridgehead atoms. The Morgan fingerprint density at radius 3 is 2.42 bits per heavy atom. The Morgan fingerprint density at radius 2 is 1.81 bits per heavy atom. The molecule has 3 rings (SSSR count). The molecule has 0 amide bonds. The quantitative estimate of drug-likeness (QED) is 0.516. The minimum atomic E-state index is -3.20. The highest BCUT2D eigenvalue weighted by atomic mass is 32.2. The fourth-order valence-corrected chi connectivity index (χ4v) is 3.48. The molecule has 6 nitrogen and oxygen atoms in total. The smallest absolute Gasteiger partial charge is 0.203 e. The molecule has 0 unspecified atom stereocenters. The van der Waals surface area contributed by atoms with E-state index in [0.29, 0.717) is 10.0 Å². The molecule has 0 spiro atoms. The molecular formula is C18H17N3O3S2. The van der Waals surface area contributed by atoms with E-state index in [1.54, 1.807) is 37.6 Å². The van der Waals surface area contributed by atoms with Crippen molar-refractivity contribution in [2.75, 3.05) is 18.8 Å². The maximum Gasteiger partial charge on any atom is 0.203 e. The van der Waals surface area contributed by atoms with Gasteiger partial charge in [-0.3, -0.25) is 5.43 Å². The van der Waals surface area contributed by atoms with Crippen molar-refractivity contribution in [3.05, 3.63) is 59.5 Å². The zero-order valence-corrected chi connectivity index (χ0v) is 15.8. The Kier molecular flexibility index (Phi) is 5.34. The lowest BCUT2D eigenvalue weighted by Gasteiger charge is -2.00. The molecule has 0 radical (unpaired) electrons. The van der Waals surface area contributed by atoms with Gasteiger partial charge in [0.25, 0.3) is 0 Å². The van der Waals surface area contributed by atoms with E-state index in [0.717, 1.165) is 22.6 Å². The Labute approximate surface area is 156 Å². The maximum atomic E-state index is 11.5. The standard InChI is InChI=1S/C18H17N3O3S2/c1-24-15-7-3-13(4-8-15)11-19-21-18-20-17(12-25-18)14-5-9-16(10-6-14)26(2,22)23/h3-12H,1-2H3,(H,20,21). The number of nitrogens with one attached hydrogen (secondary N) is 1. The van der Waals surface area contributed by atoms with Crippen LogP contribution in [0.2, 0.25) is 0 Å². The number of hydrazone groups is 1. The third-order valence-corrected chi connectivity index (χ3v) is 5.45. The Bertz CT molecular complexity index is 1010. The van der Waals surface area contributed by atoms with E-state index in [9.17, 15) is 8.42 Å². The lowest BCUT2D eigenvalue weighted by atomic mass is 10.2. The third kappa shape index (κ3) is 4.47. The Balaban J connectivity index is 1.66. The number of benzene rings is 2. The highest BCUT2D eigenvalue weighted by Crippen LogP contribution is 2.25. The minimum Gasteiger partial charge on any atom is -0.497 e. The van der Waals surface area contributed by atoms with Gasteiger partial charge in [0, 0.05) is 17.2 Å². The van der Waals surface area contributed by atoms with Gasteiger partial charge in [0.2, 0.25) is 5.13 Å². The molecule has 0 aliphatic carbocycles. The van der Waals surface area contributed by atoms with Crippen molar-refractivity contribution in [1.82, 2.24) is 4.98 Å². The summed E-state index contributed by atoms with van der Waals surface area (Å²) in [6.07, 6.45) is 2.88. The molecule has 1 heterocycles. The van der Waals surface area contributed by atoms with E-state index in [2.05, 4.69) is 15.5 Å². The van der Waals surface area contributed by atoms with E-state index in [1.165, 1.54) is 17.6 Å². The van der Waals surface area contributed by atoms with Crippen LogP contribution in [-0.2, 0) is 9.84 Å². The van der Waals surface area contributed by atoms with Crippen LogP contribution >= 0.6 is 11.3 Å². The van der Waals surface area contributed by atoms with Crippen molar-refractivity contribution < 1.29 is 13.2 Å². The summed E-state index contributed by atoms with van der Waals surface area (Å²) in [5.74, 6) is 0.793. The van der Waals surface area contributed by atoms with E-state index < -0.39 is 9.84 Å². The molecule has 134 valence electrons. The number of rotatable bonds is 6. The topological polar surface area (TPSA) is 80.7 Å². The van der Waals surface area contributed by atoms with Gasteiger partial charge in [-0.1, -0.05) is 12.1 Å². The SMILES string of the molecule is COc1ccc(C=NNc2nc(-c3ccc(S(C)(=O)=O)cc3)cs2)cc1. The lowest BCUT2D eigenvalue weighted by molar-refractivity contribution is 0.415. The first-order chi connectivity index (χ1) is 12.5. The van der Waals surface area contributed by atoms with Crippen LogP contribution < -0.4 is 10.2 Å². The summed E-state index contributed by atoms with van der Waals surface area (Å²) >= 11 is 1.42. The fourth-order valence-electron chi connectivity index (χ4n) is 2.18.